The average molecular weight is 474 g/mol. The van der Waals surface area contributed by atoms with E-state index in [1.807, 2.05) is 48.5 Å². The summed E-state index contributed by atoms with van der Waals surface area (Å²) in [5, 5.41) is 15.1. The van der Waals surface area contributed by atoms with Crippen molar-refractivity contribution in [3.63, 3.8) is 0 Å². The fourth-order valence-corrected chi connectivity index (χ4v) is 2.61. The fourth-order valence-electron chi connectivity index (χ4n) is 2.25. The third-order valence-corrected chi connectivity index (χ3v) is 4.30. The first-order valence-electron chi connectivity index (χ1n) is 7.98. The highest BCUT2D eigenvalue weighted by atomic mass is 127. The molecule has 0 saturated heterocycles. The zero-order valence-electron chi connectivity index (χ0n) is 14.1. The third kappa shape index (κ3) is 5.23. The number of rotatable bonds is 7. The highest BCUT2D eigenvalue weighted by molar-refractivity contribution is 14.1. The first-order valence-corrected chi connectivity index (χ1v) is 9.06. The summed E-state index contributed by atoms with van der Waals surface area (Å²) in [7, 11) is 0. The molecule has 0 aliphatic carbocycles. The quantitative estimate of drug-likeness (QED) is 0.234. The molecule has 27 heavy (non-hydrogen) atoms. The topological polar surface area (TPSA) is 89.7 Å². The lowest BCUT2D eigenvalue weighted by atomic mass is 10.2. The summed E-state index contributed by atoms with van der Waals surface area (Å²) in [5.74, 6) is 0.744. The SMILES string of the molecule is O=[N+]([O-])c1cccnc1N/N=C/c1ccccc1OCc1ccc(I)cc1. The maximum atomic E-state index is 11.0. The molecule has 2 aromatic carbocycles. The molecule has 0 spiro atoms. The number of halogens is 1. The number of aromatic nitrogens is 1. The highest BCUT2D eigenvalue weighted by Gasteiger charge is 2.13. The smallest absolute Gasteiger partial charge is 0.313 e. The van der Waals surface area contributed by atoms with E-state index in [4.69, 9.17) is 4.74 Å². The number of ether oxygens (including phenoxy) is 1. The van der Waals surface area contributed by atoms with Gasteiger partial charge in [-0.2, -0.15) is 5.10 Å². The minimum absolute atomic E-state index is 0.0797. The van der Waals surface area contributed by atoms with Gasteiger partial charge in [-0.3, -0.25) is 15.5 Å². The van der Waals surface area contributed by atoms with Crippen LogP contribution in [-0.4, -0.2) is 16.1 Å². The molecule has 0 amide bonds. The van der Waals surface area contributed by atoms with Crippen molar-refractivity contribution in [1.82, 2.24) is 4.98 Å². The Bertz CT molecular complexity index is 961. The zero-order chi connectivity index (χ0) is 19.1. The second-order valence-electron chi connectivity index (χ2n) is 5.45. The molecule has 0 unspecified atom stereocenters. The number of pyridine rings is 1. The number of nitro groups is 1. The lowest BCUT2D eigenvalue weighted by Crippen LogP contribution is -2.01. The van der Waals surface area contributed by atoms with Crippen LogP contribution in [0.25, 0.3) is 0 Å². The molecule has 1 aromatic heterocycles. The molecule has 0 aliphatic heterocycles. The number of hydrazone groups is 1. The Morgan fingerprint density at radius 1 is 1.15 bits per heavy atom. The van der Waals surface area contributed by atoms with Crippen LogP contribution in [0.4, 0.5) is 11.5 Å². The minimum Gasteiger partial charge on any atom is -0.488 e. The first-order chi connectivity index (χ1) is 13.1. The van der Waals surface area contributed by atoms with Gasteiger partial charge in [0.2, 0.25) is 5.82 Å². The number of para-hydroxylation sites is 1. The Balaban J connectivity index is 1.69. The second-order valence-corrected chi connectivity index (χ2v) is 6.70. The van der Waals surface area contributed by atoms with Gasteiger partial charge in [-0.1, -0.05) is 24.3 Å². The maximum absolute atomic E-state index is 11.0. The summed E-state index contributed by atoms with van der Waals surface area (Å²) in [5.41, 5.74) is 4.27. The number of nitrogens with zero attached hydrogens (tertiary/aromatic N) is 3. The van der Waals surface area contributed by atoms with Crippen LogP contribution in [0.1, 0.15) is 11.1 Å². The molecule has 136 valence electrons. The maximum Gasteiger partial charge on any atom is 0.313 e. The van der Waals surface area contributed by atoms with Crippen LogP contribution in [-0.2, 0) is 6.61 Å². The fraction of sp³-hybridized carbons (Fsp3) is 0.0526. The molecule has 8 heteroatoms. The molecular weight excluding hydrogens is 459 g/mol. The van der Waals surface area contributed by atoms with Gasteiger partial charge in [-0.15, -0.1) is 0 Å². The van der Waals surface area contributed by atoms with Crippen LogP contribution in [0.15, 0.2) is 72.0 Å². The van der Waals surface area contributed by atoms with Gasteiger partial charge in [0.05, 0.1) is 11.1 Å². The number of benzene rings is 2. The Morgan fingerprint density at radius 2 is 1.93 bits per heavy atom. The largest absolute Gasteiger partial charge is 0.488 e. The lowest BCUT2D eigenvalue weighted by Gasteiger charge is -2.09. The third-order valence-electron chi connectivity index (χ3n) is 3.58. The summed E-state index contributed by atoms with van der Waals surface area (Å²) in [4.78, 5) is 14.4. The zero-order valence-corrected chi connectivity index (χ0v) is 16.2. The second kappa shape index (κ2) is 9.08. The molecule has 0 radical (unpaired) electrons. The molecule has 0 bridgehead atoms. The van der Waals surface area contributed by atoms with E-state index < -0.39 is 4.92 Å². The first kappa shape index (κ1) is 18.8. The van der Waals surface area contributed by atoms with E-state index in [0.29, 0.717) is 12.4 Å². The molecule has 0 aliphatic rings. The summed E-state index contributed by atoms with van der Waals surface area (Å²) in [6.07, 6.45) is 3.00. The van der Waals surface area contributed by atoms with E-state index in [9.17, 15) is 10.1 Å². The van der Waals surface area contributed by atoms with Crippen LogP contribution >= 0.6 is 22.6 Å². The molecule has 3 aromatic rings. The van der Waals surface area contributed by atoms with Crippen LogP contribution in [0.2, 0.25) is 0 Å². The van der Waals surface area contributed by atoms with Crippen molar-refractivity contribution in [2.45, 2.75) is 6.61 Å². The van der Waals surface area contributed by atoms with Crippen molar-refractivity contribution in [3.8, 4) is 5.75 Å². The van der Waals surface area contributed by atoms with Crippen molar-refractivity contribution >= 4 is 40.3 Å². The molecule has 1 N–H and O–H groups in total. The van der Waals surface area contributed by atoms with E-state index in [-0.39, 0.29) is 11.5 Å². The van der Waals surface area contributed by atoms with Crippen LogP contribution in [0, 0.1) is 13.7 Å². The van der Waals surface area contributed by atoms with E-state index in [0.717, 1.165) is 11.1 Å². The van der Waals surface area contributed by atoms with E-state index in [1.54, 1.807) is 6.21 Å². The lowest BCUT2D eigenvalue weighted by molar-refractivity contribution is -0.384. The van der Waals surface area contributed by atoms with Gasteiger partial charge in [0.25, 0.3) is 0 Å². The predicted molar refractivity (Wildman–Crippen MR) is 112 cm³/mol. The number of anilines is 1. The van der Waals surface area contributed by atoms with Crippen molar-refractivity contribution in [3.05, 3.63) is 91.7 Å². The molecule has 0 fully saturated rings. The van der Waals surface area contributed by atoms with Crippen molar-refractivity contribution < 1.29 is 9.66 Å². The standard InChI is InChI=1S/C19H15IN4O3/c20-16-9-7-14(8-10-16)13-27-18-6-2-1-4-15(18)12-22-23-19-17(24(25)26)5-3-11-21-19/h1-12H,13H2,(H,21,23)/b22-12+. The number of hydrogen-bond donors (Lipinski definition) is 1. The Labute approximate surface area is 169 Å². The van der Waals surface area contributed by atoms with E-state index >= 15 is 0 Å². The van der Waals surface area contributed by atoms with Gasteiger partial charge in [0.1, 0.15) is 12.4 Å². The van der Waals surface area contributed by atoms with E-state index in [2.05, 4.69) is 38.1 Å². The summed E-state index contributed by atoms with van der Waals surface area (Å²) in [6.45, 7) is 0.431. The van der Waals surface area contributed by atoms with Gasteiger partial charge in [-0.25, -0.2) is 4.98 Å². The molecule has 0 saturated carbocycles. The van der Waals surface area contributed by atoms with Crippen molar-refractivity contribution in [1.29, 1.82) is 0 Å². The van der Waals surface area contributed by atoms with Crippen LogP contribution in [0.5, 0.6) is 5.75 Å². The van der Waals surface area contributed by atoms with Gasteiger partial charge in [-0.05, 0) is 58.5 Å². The van der Waals surface area contributed by atoms with Gasteiger partial charge in [0, 0.05) is 21.4 Å². The highest BCUT2D eigenvalue weighted by Crippen LogP contribution is 2.21. The molecule has 0 atom stereocenters. The molecule has 1 heterocycles. The normalized spacial score (nSPS) is 10.7. The van der Waals surface area contributed by atoms with Crippen molar-refractivity contribution in [2.24, 2.45) is 5.10 Å². The van der Waals surface area contributed by atoms with Crippen molar-refractivity contribution in [2.75, 3.05) is 5.43 Å². The molecule has 3 rings (SSSR count). The van der Waals surface area contributed by atoms with Gasteiger partial charge < -0.3 is 4.74 Å². The van der Waals surface area contributed by atoms with Gasteiger partial charge in [0.15, 0.2) is 0 Å². The summed E-state index contributed by atoms with van der Waals surface area (Å²) in [6, 6.07) is 18.4. The number of hydrogen-bond acceptors (Lipinski definition) is 6. The minimum atomic E-state index is -0.511. The molecular formula is C19H15IN4O3. The Morgan fingerprint density at radius 3 is 2.70 bits per heavy atom. The summed E-state index contributed by atoms with van der Waals surface area (Å²) < 4.78 is 7.05. The summed E-state index contributed by atoms with van der Waals surface area (Å²) >= 11 is 2.26. The van der Waals surface area contributed by atoms with Crippen LogP contribution < -0.4 is 10.2 Å². The van der Waals surface area contributed by atoms with E-state index in [1.165, 1.54) is 21.9 Å². The predicted octanol–water partition coefficient (Wildman–Crippen LogP) is 4.62. The molecule has 7 nitrogen and oxygen atoms in total. The van der Waals surface area contributed by atoms with Crippen LogP contribution in [0.3, 0.4) is 0 Å². The van der Waals surface area contributed by atoms with Gasteiger partial charge >= 0.3 is 5.69 Å². The monoisotopic (exact) mass is 474 g/mol. The average Bonchev–Trinajstić information content (AvgIpc) is 2.69. The number of nitrogens with one attached hydrogen (secondary N) is 1. The Kier molecular flexibility index (Phi) is 6.31. The Hall–Kier alpha value is -3.01.